The van der Waals surface area contributed by atoms with E-state index in [1.807, 2.05) is 54.8 Å². The van der Waals surface area contributed by atoms with Gasteiger partial charge in [0.25, 0.3) is 5.91 Å². The van der Waals surface area contributed by atoms with Gasteiger partial charge in [-0.3, -0.25) is 4.79 Å². The average molecular weight is 324 g/mol. The van der Waals surface area contributed by atoms with Gasteiger partial charge in [-0.05, 0) is 30.0 Å². The molecule has 2 aromatic carbocycles. The standard InChI is InChI=1S/C17H16N4OS/c1-23-14-9-5-2-6-11(14)10-19-17(22)15-16(18)21-13-8-4-3-7-12(13)20-15/h2-9H,10H2,1H3,(H2,18,21)(H,19,22). The third-order valence-electron chi connectivity index (χ3n) is 3.44. The third-order valence-corrected chi connectivity index (χ3v) is 4.28. The molecule has 3 rings (SSSR count). The Morgan fingerprint density at radius 2 is 1.74 bits per heavy atom. The molecule has 3 aromatic rings. The molecule has 0 aliphatic carbocycles. The Labute approximate surface area is 138 Å². The SMILES string of the molecule is CSc1ccccc1CNC(=O)c1nc2ccccc2nc1N. The minimum Gasteiger partial charge on any atom is -0.382 e. The zero-order valence-electron chi connectivity index (χ0n) is 12.6. The van der Waals surface area contributed by atoms with E-state index in [0.717, 1.165) is 10.5 Å². The first kappa shape index (κ1) is 15.3. The molecule has 3 N–H and O–H groups in total. The second-order valence-corrected chi connectivity index (χ2v) is 5.79. The van der Waals surface area contributed by atoms with Gasteiger partial charge in [0.1, 0.15) is 0 Å². The molecule has 0 aliphatic rings. The van der Waals surface area contributed by atoms with Crippen LogP contribution in [0.25, 0.3) is 11.0 Å². The van der Waals surface area contributed by atoms with E-state index in [4.69, 9.17) is 5.73 Å². The van der Waals surface area contributed by atoms with Crippen molar-refractivity contribution in [1.82, 2.24) is 15.3 Å². The van der Waals surface area contributed by atoms with Gasteiger partial charge in [0.15, 0.2) is 11.5 Å². The van der Waals surface area contributed by atoms with Crippen molar-refractivity contribution in [3.63, 3.8) is 0 Å². The average Bonchev–Trinajstić information content (AvgIpc) is 2.59. The van der Waals surface area contributed by atoms with Gasteiger partial charge in [0.2, 0.25) is 0 Å². The fraction of sp³-hybridized carbons (Fsp3) is 0.118. The molecule has 0 aliphatic heterocycles. The number of amides is 1. The van der Waals surface area contributed by atoms with Gasteiger partial charge in [0, 0.05) is 11.4 Å². The van der Waals surface area contributed by atoms with Crippen LogP contribution in [0.1, 0.15) is 16.1 Å². The number of nitrogen functional groups attached to an aromatic ring is 1. The summed E-state index contributed by atoms with van der Waals surface area (Å²) in [7, 11) is 0. The molecule has 0 saturated carbocycles. The summed E-state index contributed by atoms with van der Waals surface area (Å²) >= 11 is 1.64. The quantitative estimate of drug-likeness (QED) is 0.721. The van der Waals surface area contributed by atoms with E-state index in [2.05, 4.69) is 15.3 Å². The van der Waals surface area contributed by atoms with Crippen molar-refractivity contribution in [3.8, 4) is 0 Å². The van der Waals surface area contributed by atoms with Crippen molar-refractivity contribution < 1.29 is 4.79 Å². The highest BCUT2D eigenvalue weighted by Gasteiger charge is 2.14. The fourth-order valence-corrected chi connectivity index (χ4v) is 2.91. The van der Waals surface area contributed by atoms with E-state index >= 15 is 0 Å². The number of hydrogen-bond acceptors (Lipinski definition) is 5. The number of nitrogens with one attached hydrogen (secondary N) is 1. The summed E-state index contributed by atoms with van der Waals surface area (Å²) in [4.78, 5) is 22.1. The topological polar surface area (TPSA) is 80.9 Å². The van der Waals surface area contributed by atoms with Crippen LogP contribution in [-0.4, -0.2) is 22.1 Å². The molecule has 116 valence electrons. The minimum atomic E-state index is -0.323. The van der Waals surface area contributed by atoms with Crippen LogP contribution in [0.3, 0.4) is 0 Å². The molecule has 1 heterocycles. The van der Waals surface area contributed by atoms with E-state index < -0.39 is 0 Å². The number of hydrogen-bond donors (Lipinski definition) is 2. The monoisotopic (exact) mass is 324 g/mol. The van der Waals surface area contributed by atoms with Crippen molar-refractivity contribution in [3.05, 3.63) is 59.8 Å². The Hall–Kier alpha value is -2.60. The molecular weight excluding hydrogens is 308 g/mol. The largest absolute Gasteiger partial charge is 0.382 e. The number of carbonyl (C=O) groups is 1. The van der Waals surface area contributed by atoms with Gasteiger partial charge < -0.3 is 11.1 Å². The number of nitrogens with two attached hydrogens (primary N) is 1. The molecule has 0 atom stereocenters. The van der Waals surface area contributed by atoms with Gasteiger partial charge in [-0.15, -0.1) is 11.8 Å². The number of para-hydroxylation sites is 2. The number of benzene rings is 2. The lowest BCUT2D eigenvalue weighted by molar-refractivity contribution is 0.0946. The summed E-state index contributed by atoms with van der Waals surface area (Å²) in [6.07, 6.45) is 2.01. The summed E-state index contributed by atoms with van der Waals surface area (Å²) in [6, 6.07) is 15.3. The van der Waals surface area contributed by atoms with Gasteiger partial charge in [-0.1, -0.05) is 30.3 Å². The Morgan fingerprint density at radius 1 is 1.09 bits per heavy atom. The number of aromatic nitrogens is 2. The minimum absolute atomic E-state index is 0.138. The fourth-order valence-electron chi connectivity index (χ4n) is 2.29. The Bertz CT molecular complexity index is 866. The van der Waals surface area contributed by atoms with Crippen molar-refractivity contribution in [2.75, 3.05) is 12.0 Å². The van der Waals surface area contributed by atoms with Crippen LogP contribution in [0.4, 0.5) is 5.82 Å². The van der Waals surface area contributed by atoms with Gasteiger partial charge in [-0.2, -0.15) is 0 Å². The highest BCUT2D eigenvalue weighted by molar-refractivity contribution is 7.98. The van der Waals surface area contributed by atoms with Crippen LogP contribution in [0.15, 0.2) is 53.4 Å². The number of rotatable bonds is 4. The molecule has 5 nitrogen and oxygen atoms in total. The Morgan fingerprint density at radius 3 is 2.48 bits per heavy atom. The molecule has 0 spiro atoms. The number of fused-ring (bicyclic) bond motifs is 1. The lowest BCUT2D eigenvalue weighted by Crippen LogP contribution is -2.25. The Balaban J connectivity index is 1.82. The number of carbonyl (C=O) groups excluding carboxylic acids is 1. The second kappa shape index (κ2) is 6.66. The number of thioether (sulfide) groups is 1. The van der Waals surface area contributed by atoms with Crippen LogP contribution in [0.2, 0.25) is 0 Å². The molecule has 0 saturated heterocycles. The number of anilines is 1. The second-order valence-electron chi connectivity index (χ2n) is 4.94. The van der Waals surface area contributed by atoms with Crippen molar-refractivity contribution in [2.45, 2.75) is 11.4 Å². The highest BCUT2D eigenvalue weighted by Crippen LogP contribution is 2.20. The molecule has 0 radical (unpaired) electrons. The maximum absolute atomic E-state index is 12.4. The van der Waals surface area contributed by atoms with Crippen molar-refractivity contribution in [1.29, 1.82) is 0 Å². The van der Waals surface area contributed by atoms with Crippen LogP contribution < -0.4 is 11.1 Å². The first-order chi connectivity index (χ1) is 11.2. The predicted molar refractivity (Wildman–Crippen MR) is 93.3 cm³/mol. The molecule has 6 heteroatoms. The Kier molecular flexibility index (Phi) is 4.43. The van der Waals surface area contributed by atoms with Crippen LogP contribution in [0.5, 0.6) is 0 Å². The lowest BCUT2D eigenvalue weighted by atomic mass is 10.2. The highest BCUT2D eigenvalue weighted by atomic mass is 32.2. The normalized spacial score (nSPS) is 10.7. The summed E-state index contributed by atoms with van der Waals surface area (Å²) < 4.78 is 0. The van der Waals surface area contributed by atoms with Crippen molar-refractivity contribution >= 4 is 34.5 Å². The molecule has 0 bridgehead atoms. The van der Waals surface area contributed by atoms with Gasteiger partial charge >= 0.3 is 0 Å². The number of nitrogens with zero attached hydrogens (tertiary/aromatic N) is 2. The van der Waals surface area contributed by atoms with E-state index in [0.29, 0.717) is 17.6 Å². The lowest BCUT2D eigenvalue weighted by Gasteiger charge is -2.10. The van der Waals surface area contributed by atoms with E-state index in [1.54, 1.807) is 11.8 Å². The van der Waals surface area contributed by atoms with E-state index in [-0.39, 0.29) is 17.4 Å². The maximum atomic E-state index is 12.4. The molecular formula is C17H16N4OS. The molecule has 1 aromatic heterocycles. The van der Waals surface area contributed by atoms with E-state index in [1.165, 1.54) is 0 Å². The molecule has 0 fully saturated rings. The summed E-state index contributed by atoms with van der Waals surface area (Å²) in [5.41, 5.74) is 8.41. The molecule has 0 unspecified atom stereocenters. The van der Waals surface area contributed by atoms with Crippen LogP contribution in [-0.2, 0) is 6.54 Å². The summed E-state index contributed by atoms with van der Waals surface area (Å²) in [6.45, 7) is 0.420. The first-order valence-corrected chi connectivity index (χ1v) is 8.34. The van der Waals surface area contributed by atoms with Crippen LogP contribution in [0, 0.1) is 0 Å². The zero-order chi connectivity index (χ0) is 16.2. The third kappa shape index (κ3) is 3.27. The predicted octanol–water partition coefficient (Wildman–Crippen LogP) is 2.86. The smallest absolute Gasteiger partial charge is 0.274 e. The van der Waals surface area contributed by atoms with Gasteiger partial charge in [-0.25, -0.2) is 9.97 Å². The van der Waals surface area contributed by atoms with E-state index in [9.17, 15) is 4.79 Å². The zero-order valence-corrected chi connectivity index (χ0v) is 13.4. The van der Waals surface area contributed by atoms with Crippen molar-refractivity contribution in [2.24, 2.45) is 0 Å². The summed E-state index contributed by atoms with van der Waals surface area (Å²) in [5, 5.41) is 2.86. The maximum Gasteiger partial charge on any atom is 0.274 e. The molecule has 1 amide bonds. The van der Waals surface area contributed by atoms with Gasteiger partial charge in [0.05, 0.1) is 11.0 Å². The molecule has 23 heavy (non-hydrogen) atoms. The van der Waals surface area contributed by atoms with Crippen LogP contribution >= 0.6 is 11.8 Å². The first-order valence-electron chi connectivity index (χ1n) is 7.11. The summed E-state index contributed by atoms with van der Waals surface area (Å²) in [5.74, 6) is -0.184.